The third-order valence-electron chi connectivity index (χ3n) is 16.2. The lowest BCUT2D eigenvalue weighted by molar-refractivity contribution is -0.285. The Hall–Kier alpha value is -7.66. The minimum absolute atomic E-state index is 0.00452. The van der Waals surface area contributed by atoms with E-state index < -0.39 is 90.3 Å². The van der Waals surface area contributed by atoms with Gasteiger partial charge in [0.15, 0.2) is 23.7 Å². The highest BCUT2D eigenvalue weighted by Gasteiger charge is 2.43. The summed E-state index contributed by atoms with van der Waals surface area (Å²) in [6.45, 7) is 7.91. The van der Waals surface area contributed by atoms with Crippen molar-refractivity contribution in [1.82, 2.24) is 48.9 Å². The number of carbonyl (C=O) groups excluding carboxylic acids is 2. The number of nitrogens with zero attached hydrogens (tertiary/aromatic N) is 10. The maximum absolute atomic E-state index is 14.6. The van der Waals surface area contributed by atoms with Gasteiger partial charge in [-0.05, 0) is 65.5 Å². The van der Waals surface area contributed by atoms with Crippen molar-refractivity contribution in [2.45, 2.75) is 172 Å². The van der Waals surface area contributed by atoms with Crippen molar-refractivity contribution < 1.29 is 68.6 Å². The van der Waals surface area contributed by atoms with Gasteiger partial charge < -0.3 is 74.6 Å². The summed E-state index contributed by atoms with van der Waals surface area (Å²) in [4.78, 5) is 67.7. The Labute approximate surface area is 532 Å². The summed E-state index contributed by atoms with van der Waals surface area (Å²) >= 11 is 0. The summed E-state index contributed by atoms with van der Waals surface area (Å²) in [5.41, 5.74) is 0.284. The van der Waals surface area contributed by atoms with Crippen LogP contribution in [0.25, 0.3) is 11.2 Å². The van der Waals surface area contributed by atoms with Gasteiger partial charge in [-0.2, -0.15) is 4.98 Å². The number of alkyl carbamates (subject to hydrolysis) is 1. The van der Waals surface area contributed by atoms with Crippen LogP contribution in [0.15, 0.2) is 88.6 Å². The molecule has 2 aromatic carbocycles. The van der Waals surface area contributed by atoms with E-state index in [0.29, 0.717) is 67.6 Å². The molecule has 3 fully saturated rings. The standard InChI is InChI=1S/C64H86N12O16/c1-7-8-31-75-51-56(68-61(75)73-29-20-25-42(33-73)66-62(85)92-64(2,3)4)71(5)63(86)76(57(51)83)35-45-44(58(84)87-6)26-27-50(67-45)65-28-18-10-9-11-19-30-74-34-43(69-70-74)32-72(36-46(77)52(81)54-48(79)38-88-59(90-54)40-21-14-12-15-22-40)37-47(78)53(82)55-49(80)39-89-60(91-55)41-23-16-13-17-24-41/h12-17,21-24,26-27,34,42,46-49,52-55,59-60,77-82H,9-11,18-20,25,28-33,35-39H2,1-6H3,(H,65,67)(H,66,85)/t42?,46-,47-,48+,49+,52+,53+,54+,55+,59?,60?/m0/s1. The van der Waals surface area contributed by atoms with Gasteiger partial charge in [-0.3, -0.25) is 28.1 Å². The van der Waals surface area contributed by atoms with E-state index in [0.717, 1.165) is 36.7 Å². The van der Waals surface area contributed by atoms with E-state index in [9.17, 15) is 49.8 Å². The first-order chi connectivity index (χ1) is 44.2. The Morgan fingerprint density at radius 3 is 2.05 bits per heavy atom. The fraction of sp³-hybridized carbons (Fsp3) is 0.562. The molecule has 3 unspecified atom stereocenters. The molecule has 498 valence electrons. The Bertz CT molecular complexity index is 3510. The number of esters is 1. The Balaban J connectivity index is 0.798. The molecule has 28 heteroatoms. The molecule has 0 radical (unpaired) electrons. The Morgan fingerprint density at radius 2 is 1.45 bits per heavy atom. The van der Waals surface area contributed by atoms with Crippen molar-refractivity contribution in [3.05, 3.63) is 128 Å². The number of carbonyl (C=O) groups is 2. The number of ether oxygens (including phenoxy) is 6. The summed E-state index contributed by atoms with van der Waals surface area (Å²) in [5, 5.41) is 82.8. The predicted octanol–water partition coefficient (Wildman–Crippen LogP) is 2.49. The average Bonchev–Trinajstić information content (AvgIpc) is 1.59. The van der Waals surface area contributed by atoms with Gasteiger partial charge in [0.25, 0.3) is 5.56 Å². The van der Waals surface area contributed by atoms with Gasteiger partial charge in [0, 0.05) is 76.2 Å². The van der Waals surface area contributed by atoms with Crippen LogP contribution in [0.5, 0.6) is 0 Å². The van der Waals surface area contributed by atoms with Crippen LogP contribution < -0.4 is 26.8 Å². The summed E-state index contributed by atoms with van der Waals surface area (Å²) < 4.78 is 39.6. The minimum atomic E-state index is -1.61. The quantitative estimate of drug-likeness (QED) is 0.0209. The molecule has 28 nitrogen and oxygen atoms in total. The highest BCUT2D eigenvalue weighted by atomic mass is 16.7. The average molecular weight is 1280 g/mol. The Morgan fingerprint density at radius 1 is 0.826 bits per heavy atom. The number of aliphatic hydroxyl groups is 6. The number of benzene rings is 2. The number of aryl methyl sites for hydroxylation is 2. The number of imidazole rings is 1. The van der Waals surface area contributed by atoms with E-state index in [1.54, 1.807) is 109 Å². The number of nitrogens with one attached hydrogen (secondary N) is 2. The van der Waals surface area contributed by atoms with Gasteiger partial charge in [0.1, 0.15) is 48.0 Å². The van der Waals surface area contributed by atoms with Crippen molar-refractivity contribution in [3.8, 4) is 11.8 Å². The van der Waals surface area contributed by atoms with E-state index in [1.165, 1.54) is 18.7 Å². The van der Waals surface area contributed by atoms with Gasteiger partial charge >= 0.3 is 17.8 Å². The first-order valence-corrected chi connectivity index (χ1v) is 31.2. The minimum Gasteiger partial charge on any atom is -0.465 e. The van der Waals surface area contributed by atoms with E-state index in [4.69, 9.17) is 38.4 Å². The zero-order valence-corrected chi connectivity index (χ0v) is 52.8. The SMILES string of the molecule is CC#CCn1c(N2CCCC(NC(=O)OC(C)(C)C)C2)nc2c1c(=O)n(Cc1nc(NCCCCCCCn3cc(CN(C[C@H](O)[C@@H](O)[C@@H]4OC(c5ccccc5)OC[C@H]4O)C[C@H](O)[C@@H](O)[C@@H]4OC(c5ccccc5)OC[C@H]4O)nn3)ccc1C(=O)OC)c(=O)n2C. The summed E-state index contributed by atoms with van der Waals surface area (Å²) in [7, 11) is 2.76. The monoisotopic (exact) mass is 1280 g/mol. The molecule has 0 saturated carbocycles. The fourth-order valence-corrected chi connectivity index (χ4v) is 11.5. The number of unbranched alkanes of at least 4 members (excludes halogenated alkanes) is 4. The maximum Gasteiger partial charge on any atom is 0.407 e. The third-order valence-corrected chi connectivity index (χ3v) is 16.2. The second-order valence-electron chi connectivity index (χ2n) is 24.4. The van der Waals surface area contributed by atoms with E-state index in [2.05, 4.69) is 32.8 Å². The molecule has 9 rings (SSSR count). The third kappa shape index (κ3) is 17.5. The van der Waals surface area contributed by atoms with E-state index >= 15 is 0 Å². The van der Waals surface area contributed by atoms with Crippen LogP contribution in [0.3, 0.4) is 0 Å². The van der Waals surface area contributed by atoms with Crippen LogP contribution in [0.2, 0.25) is 0 Å². The molecule has 3 aliphatic rings. The molecule has 0 spiro atoms. The molecular weight excluding hydrogens is 1190 g/mol. The van der Waals surface area contributed by atoms with Crippen LogP contribution in [0.1, 0.15) is 118 Å². The van der Waals surface area contributed by atoms with Gasteiger partial charge in [-0.15, -0.1) is 11.0 Å². The zero-order chi connectivity index (χ0) is 65.6. The summed E-state index contributed by atoms with van der Waals surface area (Å²) in [6, 6.07) is 20.9. The normalized spacial score (nSPS) is 21.7. The number of hydrogen-bond acceptors (Lipinski definition) is 23. The lowest BCUT2D eigenvalue weighted by Gasteiger charge is -2.40. The molecule has 92 heavy (non-hydrogen) atoms. The lowest BCUT2D eigenvalue weighted by atomic mass is 9.99. The number of fused-ring (bicyclic) bond motifs is 1. The number of aliphatic hydroxyl groups excluding tert-OH is 6. The number of amides is 1. The number of rotatable bonds is 27. The second-order valence-corrected chi connectivity index (χ2v) is 24.4. The zero-order valence-electron chi connectivity index (χ0n) is 52.8. The molecule has 7 heterocycles. The van der Waals surface area contributed by atoms with Crippen molar-refractivity contribution >= 4 is 35.0 Å². The summed E-state index contributed by atoms with van der Waals surface area (Å²) in [6.07, 6.45) is -6.45. The highest BCUT2D eigenvalue weighted by molar-refractivity contribution is 5.90. The van der Waals surface area contributed by atoms with Crippen molar-refractivity contribution in [1.29, 1.82) is 0 Å². The van der Waals surface area contributed by atoms with Crippen LogP contribution in [-0.2, 0) is 61.6 Å². The number of anilines is 2. The number of aromatic nitrogens is 8. The van der Waals surface area contributed by atoms with Crippen molar-refractivity contribution in [2.24, 2.45) is 7.05 Å². The number of methoxy groups -OCH3 is 1. The molecule has 3 aliphatic heterocycles. The number of pyridine rings is 1. The maximum atomic E-state index is 14.6. The molecule has 3 saturated heterocycles. The van der Waals surface area contributed by atoms with Gasteiger partial charge in [0.2, 0.25) is 5.95 Å². The second kappa shape index (κ2) is 31.8. The van der Waals surface area contributed by atoms with Gasteiger partial charge in [-0.1, -0.05) is 91.1 Å². The lowest BCUT2D eigenvalue weighted by Crippen LogP contribution is -2.56. The van der Waals surface area contributed by atoms with E-state index in [-0.39, 0.29) is 74.4 Å². The number of piperidine rings is 1. The molecule has 11 atom stereocenters. The van der Waals surface area contributed by atoms with E-state index in [1.807, 2.05) is 17.0 Å². The predicted molar refractivity (Wildman–Crippen MR) is 335 cm³/mol. The van der Waals surface area contributed by atoms with Crippen LogP contribution in [0, 0.1) is 11.8 Å². The Kier molecular flexibility index (Phi) is 23.7. The molecule has 6 aromatic rings. The smallest absolute Gasteiger partial charge is 0.407 e. The van der Waals surface area contributed by atoms with Crippen molar-refractivity contribution in [3.63, 3.8) is 0 Å². The summed E-state index contributed by atoms with van der Waals surface area (Å²) in [5.74, 6) is 6.07. The van der Waals surface area contributed by atoms with Crippen LogP contribution >= 0.6 is 0 Å². The first kappa shape index (κ1) is 68.7. The van der Waals surface area contributed by atoms with Gasteiger partial charge in [-0.25, -0.2) is 19.4 Å². The molecule has 4 aromatic heterocycles. The van der Waals surface area contributed by atoms with Crippen molar-refractivity contribution in [2.75, 3.05) is 63.3 Å². The van der Waals surface area contributed by atoms with Crippen LogP contribution in [-0.4, -0.2) is 200 Å². The largest absolute Gasteiger partial charge is 0.465 e. The molecular formula is C64H86N12O16. The highest BCUT2D eigenvalue weighted by Crippen LogP contribution is 2.32. The molecule has 8 N–H and O–H groups in total. The molecule has 0 aliphatic carbocycles. The van der Waals surface area contributed by atoms with Gasteiger partial charge in [0.05, 0.1) is 62.6 Å². The molecule has 0 bridgehead atoms. The topological polar surface area (TPSA) is 347 Å². The van der Waals surface area contributed by atoms with Crippen LogP contribution in [0.4, 0.5) is 16.6 Å². The first-order valence-electron chi connectivity index (χ1n) is 31.2. The molecule has 1 amide bonds. The fourth-order valence-electron chi connectivity index (χ4n) is 11.5. The number of hydrogen-bond donors (Lipinski definition) is 8.